The minimum absolute atomic E-state index is 0.0764. The summed E-state index contributed by atoms with van der Waals surface area (Å²) in [7, 11) is 0. The molecule has 0 atom stereocenters. The summed E-state index contributed by atoms with van der Waals surface area (Å²) in [6, 6.07) is 3.54. The van der Waals surface area contributed by atoms with Crippen LogP contribution in [0.2, 0.25) is 0 Å². The molecule has 2 aliphatic rings. The van der Waals surface area contributed by atoms with Crippen LogP contribution in [0, 0.1) is 12.8 Å². The molecule has 8 heteroatoms. The van der Waals surface area contributed by atoms with E-state index in [1.165, 1.54) is 12.8 Å². The van der Waals surface area contributed by atoms with E-state index in [4.69, 9.17) is 8.83 Å². The van der Waals surface area contributed by atoms with Gasteiger partial charge in [-0.15, -0.1) is 0 Å². The third-order valence-corrected chi connectivity index (χ3v) is 6.09. The molecule has 30 heavy (non-hydrogen) atoms. The number of aryl methyl sites for hydroxylation is 1. The van der Waals surface area contributed by atoms with Gasteiger partial charge in [0.25, 0.3) is 5.89 Å². The summed E-state index contributed by atoms with van der Waals surface area (Å²) < 4.78 is 10.9. The lowest BCUT2D eigenvalue weighted by molar-refractivity contribution is -0.137. The number of aromatic nitrogens is 1. The summed E-state index contributed by atoms with van der Waals surface area (Å²) in [5, 5.41) is 2.96. The van der Waals surface area contributed by atoms with E-state index < -0.39 is 0 Å². The van der Waals surface area contributed by atoms with E-state index >= 15 is 0 Å². The second kappa shape index (κ2) is 9.47. The average molecular weight is 415 g/mol. The molecular weight excluding hydrogens is 384 g/mol. The van der Waals surface area contributed by atoms with Crippen LogP contribution >= 0.6 is 0 Å². The van der Waals surface area contributed by atoms with Gasteiger partial charge >= 0.3 is 0 Å². The van der Waals surface area contributed by atoms with Crippen LogP contribution in [0.1, 0.15) is 37.1 Å². The number of hydrogen-bond donors (Lipinski definition) is 1. The third-order valence-electron chi connectivity index (χ3n) is 6.09. The van der Waals surface area contributed by atoms with Crippen molar-refractivity contribution >= 4 is 11.8 Å². The molecule has 0 spiro atoms. The van der Waals surface area contributed by atoms with Gasteiger partial charge in [-0.1, -0.05) is 12.8 Å². The molecule has 1 aliphatic carbocycles. The second-order valence-electron chi connectivity index (χ2n) is 8.17. The zero-order valence-corrected chi connectivity index (χ0v) is 17.6. The minimum Gasteiger partial charge on any atom is -0.459 e. The summed E-state index contributed by atoms with van der Waals surface area (Å²) in [6.07, 6.45) is 6.23. The van der Waals surface area contributed by atoms with Crippen LogP contribution in [0.3, 0.4) is 0 Å². The minimum atomic E-state index is -0.0764. The predicted molar refractivity (Wildman–Crippen MR) is 111 cm³/mol. The lowest BCUT2D eigenvalue weighted by atomic mass is 10.1. The Labute approximate surface area is 176 Å². The number of nitrogens with one attached hydrogen (secondary N) is 1. The topological polar surface area (TPSA) is 91.8 Å². The first-order chi connectivity index (χ1) is 14.6. The molecule has 8 nitrogen and oxygen atoms in total. The Balaban J connectivity index is 1.16. The highest BCUT2D eigenvalue weighted by atomic mass is 16.4. The zero-order chi connectivity index (χ0) is 20.9. The molecule has 0 bridgehead atoms. The largest absolute Gasteiger partial charge is 0.459 e. The molecule has 0 radical (unpaired) electrons. The van der Waals surface area contributed by atoms with Crippen molar-refractivity contribution in [1.82, 2.24) is 20.1 Å². The van der Waals surface area contributed by atoms with Crippen LogP contribution in [0.15, 0.2) is 27.2 Å². The Bertz CT molecular complexity index is 847. The number of carbonyl (C=O) groups excluding carboxylic acids is 2. The maximum absolute atomic E-state index is 12.5. The van der Waals surface area contributed by atoms with Crippen molar-refractivity contribution in [2.24, 2.45) is 5.92 Å². The number of furan rings is 1. The number of nitrogens with zero attached hydrogens (tertiary/aromatic N) is 3. The van der Waals surface area contributed by atoms with Gasteiger partial charge in [0.2, 0.25) is 11.8 Å². The molecule has 1 N–H and O–H groups in total. The lowest BCUT2D eigenvalue weighted by Gasteiger charge is -2.36. The van der Waals surface area contributed by atoms with Gasteiger partial charge in [-0.05, 0) is 31.9 Å². The highest BCUT2D eigenvalue weighted by molar-refractivity contribution is 5.79. The van der Waals surface area contributed by atoms with Gasteiger partial charge in [-0.3, -0.25) is 14.5 Å². The zero-order valence-electron chi connectivity index (χ0n) is 17.6. The fourth-order valence-corrected chi connectivity index (χ4v) is 4.29. The van der Waals surface area contributed by atoms with E-state index in [0.717, 1.165) is 45.6 Å². The molecule has 1 saturated carbocycles. The fourth-order valence-electron chi connectivity index (χ4n) is 4.29. The molecule has 0 aromatic carbocycles. The molecule has 4 rings (SSSR count). The molecule has 1 aliphatic heterocycles. The van der Waals surface area contributed by atoms with Gasteiger partial charge in [-0.2, -0.15) is 0 Å². The SMILES string of the molecule is Cc1oc(-c2ccco2)nc1CC(=O)NCCN1CCN(C(=O)C2CCCC2)CC1. The maximum Gasteiger partial charge on any atom is 0.263 e. The van der Waals surface area contributed by atoms with Crippen molar-refractivity contribution < 1.29 is 18.4 Å². The molecule has 2 fully saturated rings. The number of rotatable bonds is 7. The highest BCUT2D eigenvalue weighted by Crippen LogP contribution is 2.27. The van der Waals surface area contributed by atoms with Crippen molar-refractivity contribution in [3.63, 3.8) is 0 Å². The van der Waals surface area contributed by atoms with Crippen molar-refractivity contribution in [2.75, 3.05) is 39.3 Å². The highest BCUT2D eigenvalue weighted by Gasteiger charge is 2.29. The van der Waals surface area contributed by atoms with Crippen LogP contribution in [0.4, 0.5) is 0 Å². The molecular formula is C22H30N4O4. The smallest absolute Gasteiger partial charge is 0.263 e. The summed E-state index contributed by atoms with van der Waals surface area (Å²) in [5.74, 6) is 2.09. The summed E-state index contributed by atoms with van der Waals surface area (Å²) >= 11 is 0. The third kappa shape index (κ3) is 4.92. The standard InChI is InChI=1S/C22H30N4O4/c1-16-18(24-21(30-16)19-7-4-14-29-19)15-20(27)23-8-9-25-10-12-26(13-11-25)22(28)17-5-2-3-6-17/h4,7,14,17H,2-3,5-6,8-13,15H2,1H3,(H,23,27). The van der Waals surface area contributed by atoms with E-state index in [9.17, 15) is 9.59 Å². The maximum atomic E-state index is 12.5. The Morgan fingerprint density at radius 1 is 1.20 bits per heavy atom. The van der Waals surface area contributed by atoms with Gasteiger partial charge in [0.1, 0.15) is 5.76 Å². The van der Waals surface area contributed by atoms with E-state index in [-0.39, 0.29) is 18.2 Å². The number of amides is 2. The van der Waals surface area contributed by atoms with Crippen LogP contribution in [0.25, 0.3) is 11.7 Å². The molecule has 3 heterocycles. The summed E-state index contributed by atoms with van der Waals surface area (Å²) in [5.41, 5.74) is 0.623. The van der Waals surface area contributed by atoms with E-state index in [1.807, 2.05) is 4.90 Å². The number of hydrogen-bond acceptors (Lipinski definition) is 6. The second-order valence-corrected chi connectivity index (χ2v) is 8.17. The first-order valence-corrected chi connectivity index (χ1v) is 10.9. The fraction of sp³-hybridized carbons (Fsp3) is 0.591. The van der Waals surface area contributed by atoms with Crippen LogP contribution in [0.5, 0.6) is 0 Å². The molecule has 162 valence electrons. The van der Waals surface area contributed by atoms with Gasteiger partial charge in [0.15, 0.2) is 5.76 Å². The lowest BCUT2D eigenvalue weighted by Crippen LogP contribution is -2.51. The van der Waals surface area contributed by atoms with E-state index in [0.29, 0.717) is 35.6 Å². The van der Waals surface area contributed by atoms with Crippen LogP contribution in [-0.2, 0) is 16.0 Å². The molecule has 2 aromatic rings. The van der Waals surface area contributed by atoms with Crippen molar-refractivity contribution in [1.29, 1.82) is 0 Å². The van der Waals surface area contributed by atoms with Crippen molar-refractivity contribution in [3.05, 3.63) is 29.9 Å². The Morgan fingerprint density at radius 3 is 2.67 bits per heavy atom. The first kappa shape index (κ1) is 20.7. The number of piperazine rings is 1. The normalized spacial score (nSPS) is 18.1. The van der Waals surface area contributed by atoms with Gasteiger partial charge in [0, 0.05) is 45.2 Å². The quantitative estimate of drug-likeness (QED) is 0.747. The van der Waals surface area contributed by atoms with Crippen molar-refractivity contribution in [2.45, 2.75) is 39.0 Å². The number of oxazole rings is 1. The van der Waals surface area contributed by atoms with Crippen LogP contribution in [-0.4, -0.2) is 65.9 Å². The number of carbonyl (C=O) groups is 2. The van der Waals surface area contributed by atoms with Gasteiger partial charge < -0.3 is 19.1 Å². The predicted octanol–water partition coefficient (Wildman–Crippen LogP) is 2.24. The van der Waals surface area contributed by atoms with E-state index in [1.54, 1.807) is 25.3 Å². The Hall–Kier alpha value is -2.61. The Kier molecular flexibility index (Phi) is 6.52. The van der Waals surface area contributed by atoms with Crippen LogP contribution < -0.4 is 5.32 Å². The summed E-state index contributed by atoms with van der Waals surface area (Å²) in [6.45, 7) is 6.47. The van der Waals surface area contributed by atoms with Crippen molar-refractivity contribution in [3.8, 4) is 11.7 Å². The summed E-state index contributed by atoms with van der Waals surface area (Å²) in [4.78, 5) is 33.5. The molecule has 2 aromatic heterocycles. The average Bonchev–Trinajstić information content (AvgIpc) is 3.51. The molecule has 2 amide bonds. The monoisotopic (exact) mass is 414 g/mol. The Morgan fingerprint density at radius 2 is 1.97 bits per heavy atom. The first-order valence-electron chi connectivity index (χ1n) is 10.9. The van der Waals surface area contributed by atoms with Gasteiger partial charge in [-0.25, -0.2) is 4.98 Å². The molecule has 1 saturated heterocycles. The molecule has 0 unspecified atom stereocenters. The van der Waals surface area contributed by atoms with E-state index in [2.05, 4.69) is 15.2 Å². The van der Waals surface area contributed by atoms with Gasteiger partial charge in [0.05, 0.1) is 18.4 Å².